The van der Waals surface area contributed by atoms with Crippen LogP contribution in [0.15, 0.2) is 59.8 Å². The lowest BCUT2D eigenvalue weighted by Gasteiger charge is -2.14. The molecule has 0 saturated heterocycles. The van der Waals surface area contributed by atoms with Crippen molar-refractivity contribution < 1.29 is 14.6 Å². The van der Waals surface area contributed by atoms with Gasteiger partial charge in [0.1, 0.15) is 24.7 Å². The lowest BCUT2D eigenvalue weighted by atomic mass is 10.1. The first-order chi connectivity index (χ1) is 15.0. The standard InChI is InChI=1S/C23H28ClN3O3S/c1-17(2)12-13-27-22(15-30-20-6-4-3-5-7-20)25-26-23(27)31-16-19(28)14-29-21-10-8-18(24)9-11-21/h3-11,17,19,28H,12-16H2,1-2H3. The molecule has 1 N–H and O–H groups in total. The number of hydrogen-bond acceptors (Lipinski definition) is 6. The molecule has 0 fully saturated rings. The van der Waals surface area contributed by atoms with Crippen molar-refractivity contribution in [1.29, 1.82) is 0 Å². The molecular formula is C23H28ClN3O3S. The van der Waals surface area contributed by atoms with Crippen LogP contribution in [0.1, 0.15) is 26.1 Å². The average Bonchev–Trinajstić information content (AvgIpc) is 3.16. The third-order valence-electron chi connectivity index (χ3n) is 4.50. The molecule has 0 aliphatic carbocycles. The van der Waals surface area contributed by atoms with E-state index in [0.717, 1.165) is 29.7 Å². The summed E-state index contributed by atoms with van der Waals surface area (Å²) in [7, 11) is 0. The molecule has 0 saturated carbocycles. The molecule has 0 radical (unpaired) electrons. The lowest BCUT2D eigenvalue weighted by Crippen LogP contribution is -2.20. The van der Waals surface area contributed by atoms with Crippen LogP contribution in [0.2, 0.25) is 5.02 Å². The number of aromatic nitrogens is 3. The van der Waals surface area contributed by atoms with E-state index in [4.69, 9.17) is 21.1 Å². The summed E-state index contributed by atoms with van der Waals surface area (Å²) in [5.41, 5.74) is 0. The second kappa shape index (κ2) is 12.0. The van der Waals surface area contributed by atoms with Crippen LogP contribution in [-0.2, 0) is 13.2 Å². The molecule has 0 amide bonds. The third kappa shape index (κ3) is 7.76. The van der Waals surface area contributed by atoms with Gasteiger partial charge in [0, 0.05) is 17.3 Å². The maximum absolute atomic E-state index is 10.3. The Hall–Kier alpha value is -2.22. The smallest absolute Gasteiger partial charge is 0.191 e. The number of hydrogen-bond donors (Lipinski definition) is 1. The fraction of sp³-hybridized carbons (Fsp3) is 0.391. The molecule has 0 bridgehead atoms. The molecule has 8 heteroatoms. The Bertz CT molecular complexity index is 920. The van der Waals surface area contributed by atoms with Gasteiger partial charge in [0.15, 0.2) is 11.0 Å². The predicted octanol–water partition coefficient (Wildman–Crippen LogP) is 5.09. The van der Waals surface area contributed by atoms with E-state index in [2.05, 4.69) is 28.6 Å². The molecule has 1 atom stereocenters. The molecule has 0 spiro atoms. The summed E-state index contributed by atoms with van der Waals surface area (Å²) in [5.74, 6) is 3.26. The van der Waals surface area contributed by atoms with Crippen LogP contribution in [0.4, 0.5) is 0 Å². The number of aliphatic hydroxyl groups is 1. The van der Waals surface area contributed by atoms with Crippen LogP contribution < -0.4 is 9.47 Å². The number of aliphatic hydroxyl groups excluding tert-OH is 1. The van der Waals surface area contributed by atoms with Gasteiger partial charge in [-0.3, -0.25) is 0 Å². The Morgan fingerprint density at radius 1 is 1.00 bits per heavy atom. The zero-order valence-corrected chi connectivity index (χ0v) is 19.4. The second-order valence-corrected chi connectivity index (χ2v) is 8.99. The van der Waals surface area contributed by atoms with Crippen LogP contribution in [0, 0.1) is 5.92 Å². The molecule has 2 aromatic carbocycles. The van der Waals surface area contributed by atoms with Gasteiger partial charge in [0.25, 0.3) is 0 Å². The van der Waals surface area contributed by atoms with Crippen LogP contribution in [-0.4, -0.2) is 38.3 Å². The number of para-hydroxylation sites is 1. The summed E-state index contributed by atoms with van der Waals surface area (Å²) in [6.07, 6.45) is 0.367. The van der Waals surface area contributed by atoms with Crippen LogP contribution in [0.3, 0.4) is 0 Å². The summed E-state index contributed by atoms with van der Waals surface area (Å²) >= 11 is 7.35. The first-order valence-corrected chi connectivity index (χ1v) is 11.7. The van der Waals surface area contributed by atoms with E-state index >= 15 is 0 Å². The van der Waals surface area contributed by atoms with E-state index < -0.39 is 6.10 Å². The Morgan fingerprint density at radius 3 is 2.42 bits per heavy atom. The highest BCUT2D eigenvalue weighted by Gasteiger charge is 2.16. The summed E-state index contributed by atoms with van der Waals surface area (Å²) in [5, 5.41) is 20.4. The van der Waals surface area contributed by atoms with Gasteiger partial charge in [-0.1, -0.05) is 55.4 Å². The van der Waals surface area contributed by atoms with Crippen LogP contribution >= 0.6 is 23.4 Å². The number of ether oxygens (including phenoxy) is 2. The molecule has 6 nitrogen and oxygen atoms in total. The van der Waals surface area contributed by atoms with Gasteiger partial charge in [-0.25, -0.2) is 0 Å². The molecular weight excluding hydrogens is 434 g/mol. The summed E-state index contributed by atoms with van der Waals surface area (Å²) in [4.78, 5) is 0. The number of thioether (sulfide) groups is 1. The average molecular weight is 462 g/mol. The quantitative estimate of drug-likeness (QED) is 0.379. The largest absolute Gasteiger partial charge is 0.491 e. The molecule has 166 valence electrons. The van der Waals surface area contributed by atoms with E-state index in [-0.39, 0.29) is 6.61 Å². The number of rotatable bonds is 12. The van der Waals surface area contributed by atoms with Gasteiger partial charge in [-0.05, 0) is 48.7 Å². The minimum atomic E-state index is -0.639. The highest BCUT2D eigenvalue weighted by atomic mass is 35.5. The number of halogens is 1. The fourth-order valence-corrected chi connectivity index (χ4v) is 3.77. The van der Waals surface area contributed by atoms with Gasteiger partial charge in [0.2, 0.25) is 0 Å². The molecule has 1 unspecified atom stereocenters. The lowest BCUT2D eigenvalue weighted by molar-refractivity contribution is 0.126. The van der Waals surface area contributed by atoms with Crippen LogP contribution in [0.5, 0.6) is 11.5 Å². The second-order valence-electron chi connectivity index (χ2n) is 7.56. The fourth-order valence-electron chi connectivity index (χ4n) is 2.75. The van der Waals surface area contributed by atoms with Gasteiger partial charge >= 0.3 is 0 Å². The van der Waals surface area contributed by atoms with E-state index in [1.54, 1.807) is 24.3 Å². The normalized spacial score (nSPS) is 12.2. The van der Waals surface area contributed by atoms with Crippen molar-refractivity contribution in [2.45, 2.75) is 44.7 Å². The summed E-state index contributed by atoms with van der Waals surface area (Å²) < 4.78 is 13.6. The molecule has 0 aliphatic heterocycles. The van der Waals surface area contributed by atoms with Crippen molar-refractivity contribution >= 4 is 23.4 Å². The van der Waals surface area contributed by atoms with Gasteiger partial charge in [-0.2, -0.15) is 0 Å². The van der Waals surface area contributed by atoms with Crippen molar-refractivity contribution in [1.82, 2.24) is 14.8 Å². The van der Waals surface area contributed by atoms with Gasteiger partial charge < -0.3 is 19.1 Å². The van der Waals surface area contributed by atoms with Crippen LogP contribution in [0.25, 0.3) is 0 Å². The molecule has 3 rings (SSSR count). The molecule has 31 heavy (non-hydrogen) atoms. The first kappa shape index (κ1) is 23.4. The number of benzene rings is 2. The Kier molecular flexibility index (Phi) is 9.06. The molecule has 1 heterocycles. The third-order valence-corrected chi connectivity index (χ3v) is 5.86. The van der Waals surface area contributed by atoms with E-state index in [0.29, 0.717) is 29.0 Å². The van der Waals surface area contributed by atoms with Crippen molar-refractivity contribution in [3.8, 4) is 11.5 Å². The van der Waals surface area contributed by atoms with Gasteiger partial charge in [0.05, 0.1) is 6.10 Å². The van der Waals surface area contributed by atoms with E-state index in [9.17, 15) is 5.11 Å². The zero-order valence-electron chi connectivity index (χ0n) is 17.8. The minimum Gasteiger partial charge on any atom is -0.491 e. The predicted molar refractivity (Wildman–Crippen MR) is 124 cm³/mol. The monoisotopic (exact) mass is 461 g/mol. The highest BCUT2D eigenvalue weighted by molar-refractivity contribution is 7.99. The van der Waals surface area contributed by atoms with Gasteiger partial charge in [-0.15, -0.1) is 10.2 Å². The maximum Gasteiger partial charge on any atom is 0.191 e. The molecule has 3 aromatic rings. The zero-order chi connectivity index (χ0) is 22.1. The minimum absolute atomic E-state index is 0.193. The first-order valence-electron chi connectivity index (χ1n) is 10.3. The number of nitrogens with zero attached hydrogens (tertiary/aromatic N) is 3. The summed E-state index contributed by atoms with van der Waals surface area (Å²) in [6.45, 7) is 5.72. The Labute approximate surface area is 192 Å². The molecule has 0 aliphatic rings. The highest BCUT2D eigenvalue weighted by Crippen LogP contribution is 2.22. The maximum atomic E-state index is 10.3. The topological polar surface area (TPSA) is 69.4 Å². The van der Waals surface area contributed by atoms with E-state index in [1.807, 2.05) is 30.3 Å². The molecule has 1 aromatic heterocycles. The van der Waals surface area contributed by atoms with Crippen molar-refractivity contribution in [2.24, 2.45) is 5.92 Å². The SMILES string of the molecule is CC(C)CCn1c(COc2ccccc2)nnc1SCC(O)COc1ccc(Cl)cc1. The Morgan fingerprint density at radius 2 is 1.71 bits per heavy atom. The van der Waals surface area contributed by atoms with Crippen molar-refractivity contribution in [3.05, 3.63) is 65.4 Å². The summed E-state index contributed by atoms with van der Waals surface area (Å²) in [6, 6.07) is 16.7. The van der Waals surface area contributed by atoms with Crippen molar-refractivity contribution in [2.75, 3.05) is 12.4 Å². The van der Waals surface area contributed by atoms with E-state index in [1.165, 1.54) is 11.8 Å². The Balaban J connectivity index is 1.56. The van der Waals surface area contributed by atoms with Crippen molar-refractivity contribution in [3.63, 3.8) is 0 Å².